The number of nitrogens with zero attached hydrogens (tertiary/aromatic N) is 1. The number of pyridine rings is 1. The van der Waals surface area contributed by atoms with Crippen molar-refractivity contribution in [3.63, 3.8) is 0 Å². The molecule has 0 unspecified atom stereocenters. The van der Waals surface area contributed by atoms with Crippen LogP contribution < -0.4 is 0 Å². The Bertz CT molecular complexity index is 1550. The van der Waals surface area contributed by atoms with Gasteiger partial charge in [-0.05, 0) is 56.1 Å². The van der Waals surface area contributed by atoms with Gasteiger partial charge >= 0.3 is 0 Å². The van der Waals surface area contributed by atoms with E-state index in [0.29, 0.717) is 0 Å². The Kier molecular flexibility index (Phi) is 5.42. The summed E-state index contributed by atoms with van der Waals surface area (Å²) in [7, 11) is 0. The number of rotatable bonds is 2. The maximum absolute atomic E-state index is 4.89. The van der Waals surface area contributed by atoms with E-state index in [0.717, 1.165) is 16.8 Å². The molecule has 0 saturated heterocycles. The summed E-state index contributed by atoms with van der Waals surface area (Å²) in [6.07, 6.45) is 2.01. The van der Waals surface area contributed by atoms with Gasteiger partial charge in [0, 0.05) is 31.7 Å². The Hall–Kier alpha value is -3.32. The van der Waals surface area contributed by atoms with E-state index in [4.69, 9.17) is 4.98 Å². The SMILES string of the molecule is CC1(C)c2ccccc2-c2c[c-]c(-c3ccc(-c4ccc5c(c4)C(C)(C)c4ccccc4-5)cn3)cc21.[Ir]. The van der Waals surface area contributed by atoms with E-state index >= 15 is 0 Å². The fourth-order valence-electron chi connectivity index (χ4n) is 6.40. The van der Waals surface area contributed by atoms with Crippen molar-refractivity contribution in [2.24, 2.45) is 0 Å². The first kappa shape index (κ1) is 24.0. The minimum Gasteiger partial charge on any atom is -0.304 e. The van der Waals surface area contributed by atoms with Gasteiger partial charge in [0.1, 0.15) is 0 Å². The van der Waals surface area contributed by atoms with Gasteiger partial charge in [-0.1, -0.05) is 112 Å². The number of fused-ring (bicyclic) bond motifs is 6. The topological polar surface area (TPSA) is 12.9 Å². The zero-order valence-corrected chi connectivity index (χ0v) is 23.9. The fraction of sp³-hybridized carbons (Fsp3) is 0.171. The summed E-state index contributed by atoms with van der Waals surface area (Å²) in [5, 5.41) is 0. The van der Waals surface area contributed by atoms with E-state index in [1.165, 1.54) is 50.1 Å². The smallest absolute Gasteiger partial charge is 0.0239 e. The average Bonchev–Trinajstić information content (AvgIpc) is 3.28. The summed E-state index contributed by atoms with van der Waals surface area (Å²) in [5.74, 6) is 0. The second kappa shape index (κ2) is 8.35. The van der Waals surface area contributed by atoms with Crippen molar-refractivity contribution in [2.45, 2.75) is 38.5 Å². The van der Waals surface area contributed by atoms with E-state index in [1.54, 1.807) is 0 Å². The van der Waals surface area contributed by atoms with Crippen molar-refractivity contribution in [1.82, 2.24) is 4.98 Å². The van der Waals surface area contributed by atoms with Crippen LogP contribution in [0.4, 0.5) is 0 Å². The zero-order chi connectivity index (χ0) is 24.7. The fourth-order valence-corrected chi connectivity index (χ4v) is 6.40. The Morgan fingerprint density at radius 1 is 0.568 bits per heavy atom. The van der Waals surface area contributed by atoms with E-state index < -0.39 is 0 Å². The van der Waals surface area contributed by atoms with Crippen molar-refractivity contribution >= 4 is 0 Å². The standard InChI is InChI=1S/C35H28N.Ir/c1-34(2)29-11-7-5-9-25(29)27-16-13-22(19-31(27)34)24-15-18-33(36-21-24)23-14-17-28-26-10-6-8-12-30(26)35(3,4)32(28)20-23;/h5-13,15-21H,1-4H3;/q-1;. The van der Waals surface area contributed by atoms with Crippen LogP contribution in [0.2, 0.25) is 0 Å². The third kappa shape index (κ3) is 3.43. The Morgan fingerprint density at radius 2 is 1.14 bits per heavy atom. The molecule has 7 rings (SSSR count). The molecule has 0 bridgehead atoms. The Morgan fingerprint density at radius 3 is 1.78 bits per heavy atom. The Labute approximate surface area is 233 Å². The normalized spacial score (nSPS) is 15.2. The van der Waals surface area contributed by atoms with Crippen molar-refractivity contribution in [2.75, 3.05) is 0 Å². The molecule has 0 fully saturated rings. The predicted molar refractivity (Wildman–Crippen MR) is 149 cm³/mol. The van der Waals surface area contributed by atoms with Crippen molar-refractivity contribution < 1.29 is 20.1 Å². The van der Waals surface area contributed by atoms with E-state index in [2.05, 4.69) is 125 Å². The second-order valence-electron chi connectivity index (χ2n) is 11.2. The largest absolute Gasteiger partial charge is 0.304 e. The number of aromatic nitrogens is 1. The van der Waals surface area contributed by atoms with Gasteiger partial charge in [0.05, 0.1) is 0 Å². The number of benzene rings is 4. The van der Waals surface area contributed by atoms with Gasteiger partial charge in [-0.3, -0.25) is 0 Å². The maximum atomic E-state index is 4.89. The molecule has 0 spiro atoms. The molecule has 1 heterocycles. The first-order valence-electron chi connectivity index (χ1n) is 12.7. The van der Waals surface area contributed by atoms with Gasteiger partial charge in [0.15, 0.2) is 0 Å². The number of hydrogen-bond donors (Lipinski definition) is 0. The van der Waals surface area contributed by atoms with Gasteiger partial charge in [-0.25, -0.2) is 0 Å². The van der Waals surface area contributed by atoms with Crippen LogP contribution >= 0.6 is 0 Å². The summed E-state index contributed by atoms with van der Waals surface area (Å²) in [6, 6.07) is 36.7. The molecular formula is C35H28IrN-. The molecule has 0 N–H and O–H groups in total. The molecule has 37 heavy (non-hydrogen) atoms. The number of hydrogen-bond acceptors (Lipinski definition) is 1. The molecule has 5 aromatic rings. The monoisotopic (exact) mass is 655 g/mol. The third-order valence-corrected chi connectivity index (χ3v) is 8.47. The van der Waals surface area contributed by atoms with Crippen LogP contribution in [0.3, 0.4) is 0 Å². The predicted octanol–water partition coefficient (Wildman–Crippen LogP) is 8.83. The van der Waals surface area contributed by atoms with Crippen LogP contribution in [0.15, 0.2) is 97.2 Å². The summed E-state index contributed by atoms with van der Waals surface area (Å²) in [6.45, 7) is 9.27. The molecule has 0 saturated carbocycles. The maximum Gasteiger partial charge on any atom is 0.0239 e. The van der Waals surface area contributed by atoms with Crippen LogP contribution in [-0.4, -0.2) is 4.98 Å². The molecule has 4 aromatic carbocycles. The van der Waals surface area contributed by atoms with Crippen molar-refractivity contribution in [3.8, 4) is 44.6 Å². The van der Waals surface area contributed by atoms with Crippen LogP contribution in [0.5, 0.6) is 0 Å². The van der Waals surface area contributed by atoms with E-state index in [1.807, 2.05) is 6.20 Å². The molecule has 0 amide bonds. The van der Waals surface area contributed by atoms with Gasteiger partial charge in [-0.2, -0.15) is 0 Å². The molecule has 2 aliphatic rings. The first-order valence-corrected chi connectivity index (χ1v) is 12.7. The quantitative estimate of drug-likeness (QED) is 0.174. The summed E-state index contributed by atoms with van der Waals surface area (Å²) in [4.78, 5) is 4.89. The van der Waals surface area contributed by atoms with Crippen LogP contribution in [0.25, 0.3) is 44.6 Å². The molecule has 0 aliphatic heterocycles. The van der Waals surface area contributed by atoms with Gasteiger partial charge in [0.25, 0.3) is 0 Å². The third-order valence-electron chi connectivity index (χ3n) is 8.47. The van der Waals surface area contributed by atoms with Crippen LogP contribution in [0, 0.1) is 6.07 Å². The first-order chi connectivity index (χ1) is 17.4. The van der Waals surface area contributed by atoms with E-state index in [-0.39, 0.29) is 30.9 Å². The average molecular weight is 655 g/mol. The minimum absolute atomic E-state index is 0. The van der Waals surface area contributed by atoms with Gasteiger partial charge < -0.3 is 4.98 Å². The molecule has 1 radical (unpaired) electrons. The van der Waals surface area contributed by atoms with Gasteiger partial charge in [0.2, 0.25) is 0 Å². The molecule has 2 heteroatoms. The molecule has 2 aliphatic carbocycles. The summed E-state index contributed by atoms with van der Waals surface area (Å²) >= 11 is 0. The molecule has 1 nitrogen and oxygen atoms in total. The van der Waals surface area contributed by atoms with Crippen LogP contribution in [-0.2, 0) is 30.9 Å². The zero-order valence-electron chi connectivity index (χ0n) is 21.5. The van der Waals surface area contributed by atoms with Crippen molar-refractivity contribution in [1.29, 1.82) is 0 Å². The minimum atomic E-state index is -0.0233. The summed E-state index contributed by atoms with van der Waals surface area (Å²) < 4.78 is 0. The molecule has 183 valence electrons. The van der Waals surface area contributed by atoms with E-state index in [9.17, 15) is 0 Å². The molecule has 0 atom stereocenters. The van der Waals surface area contributed by atoms with Gasteiger partial charge in [-0.15, -0.1) is 29.3 Å². The molecular weight excluding hydrogens is 627 g/mol. The molecule has 1 aromatic heterocycles. The van der Waals surface area contributed by atoms with Crippen LogP contribution in [0.1, 0.15) is 49.9 Å². The summed E-state index contributed by atoms with van der Waals surface area (Å²) in [5.41, 5.74) is 15.2. The van der Waals surface area contributed by atoms with Crippen molar-refractivity contribution in [3.05, 3.63) is 126 Å². The Balaban J connectivity index is 0.00000252. The second-order valence-corrected chi connectivity index (χ2v) is 11.2.